The molecule has 1 atom stereocenters. The molecule has 0 saturated heterocycles. The molecule has 0 spiro atoms. The van der Waals surface area contributed by atoms with Gasteiger partial charge in [0.1, 0.15) is 5.82 Å². The number of benzene rings is 1. The van der Waals surface area contributed by atoms with Gasteiger partial charge in [0.2, 0.25) is 0 Å². The molecule has 0 radical (unpaired) electrons. The summed E-state index contributed by atoms with van der Waals surface area (Å²) in [5.74, 6) is 1.40. The van der Waals surface area contributed by atoms with Gasteiger partial charge in [-0.25, -0.2) is 4.98 Å². The lowest BCUT2D eigenvalue weighted by molar-refractivity contribution is 0.581. The Balaban J connectivity index is 2.22. The van der Waals surface area contributed by atoms with Gasteiger partial charge in [0.25, 0.3) is 0 Å². The number of hydrogen-bond acceptors (Lipinski definition) is 3. The van der Waals surface area contributed by atoms with E-state index in [2.05, 4.69) is 36.4 Å². The standard InChI is InChI=1S/C17H20N4/c1-11(2)17-20-15-10-13(18)7-8-16(15)21(17)12(3)14-6-4-5-9-19-14/h4-12H,18H2,1-3H3. The Kier molecular flexibility index (Phi) is 3.37. The van der Waals surface area contributed by atoms with E-state index in [1.165, 1.54) is 0 Å². The smallest absolute Gasteiger partial charge is 0.113 e. The van der Waals surface area contributed by atoms with Crippen molar-refractivity contribution in [3.63, 3.8) is 0 Å². The summed E-state index contributed by atoms with van der Waals surface area (Å²) in [7, 11) is 0. The zero-order valence-electron chi connectivity index (χ0n) is 12.6. The molecule has 0 bridgehead atoms. The van der Waals surface area contributed by atoms with E-state index in [0.717, 1.165) is 28.2 Å². The summed E-state index contributed by atoms with van der Waals surface area (Å²) >= 11 is 0. The molecule has 2 heterocycles. The van der Waals surface area contributed by atoms with Crippen molar-refractivity contribution in [2.45, 2.75) is 32.7 Å². The van der Waals surface area contributed by atoms with E-state index in [-0.39, 0.29) is 6.04 Å². The molecule has 0 aliphatic carbocycles. The van der Waals surface area contributed by atoms with E-state index in [0.29, 0.717) is 5.92 Å². The molecule has 3 rings (SSSR count). The van der Waals surface area contributed by atoms with Crippen LogP contribution in [0.25, 0.3) is 11.0 Å². The van der Waals surface area contributed by atoms with Gasteiger partial charge in [0.15, 0.2) is 0 Å². The number of fused-ring (bicyclic) bond motifs is 1. The second-order valence-electron chi connectivity index (χ2n) is 5.67. The fourth-order valence-electron chi connectivity index (χ4n) is 2.70. The Morgan fingerprint density at radius 3 is 2.57 bits per heavy atom. The van der Waals surface area contributed by atoms with Gasteiger partial charge in [0.05, 0.1) is 22.8 Å². The molecule has 4 heteroatoms. The van der Waals surface area contributed by atoms with Crippen LogP contribution in [-0.2, 0) is 0 Å². The summed E-state index contributed by atoms with van der Waals surface area (Å²) in [6.45, 7) is 6.48. The second kappa shape index (κ2) is 5.20. The average molecular weight is 280 g/mol. The van der Waals surface area contributed by atoms with Gasteiger partial charge in [-0.05, 0) is 37.3 Å². The van der Waals surface area contributed by atoms with Crippen LogP contribution in [0.5, 0.6) is 0 Å². The van der Waals surface area contributed by atoms with Crippen LogP contribution in [0.15, 0.2) is 42.6 Å². The first-order valence-corrected chi connectivity index (χ1v) is 7.26. The molecule has 21 heavy (non-hydrogen) atoms. The van der Waals surface area contributed by atoms with Gasteiger partial charge >= 0.3 is 0 Å². The zero-order valence-corrected chi connectivity index (χ0v) is 12.6. The molecule has 4 nitrogen and oxygen atoms in total. The number of nitrogens with zero attached hydrogens (tertiary/aromatic N) is 3. The van der Waals surface area contributed by atoms with Gasteiger partial charge in [0, 0.05) is 17.8 Å². The molecule has 1 unspecified atom stereocenters. The Morgan fingerprint density at radius 2 is 1.90 bits per heavy atom. The lowest BCUT2D eigenvalue weighted by Gasteiger charge is -2.18. The van der Waals surface area contributed by atoms with Crippen LogP contribution in [0.3, 0.4) is 0 Å². The van der Waals surface area contributed by atoms with Crippen molar-refractivity contribution in [3.8, 4) is 0 Å². The summed E-state index contributed by atoms with van der Waals surface area (Å²) < 4.78 is 2.27. The highest BCUT2D eigenvalue weighted by atomic mass is 15.1. The minimum Gasteiger partial charge on any atom is -0.399 e. The van der Waals surface area contributed by atoms with Crippen molar-refractivity contribution in [1.29, 1.82) is 0 Å². The van der Waals surface area contributed by atoms with E-state index in [1.807, 2.05) is 36.5 Å². The third kappa shape index (κ3) is 2.37. The monoisotopic (exact) mass is 280 g/mol. The molecule has 0 aliphatic heterocycles. The van der Waals surface area contributed by atoms with E-state index < -0.39 is 0 Å². The number of rotatable bonds is 3. The van der Waals surface area contributed by atoms with Crippen LogP contribution < -0.4 is 5.73 Å². The summed E-state index contributed by atoms with van der Waals surface area (Å²) in [5, 5.41) is 0. The molecule has 0 aliphatic rings. The van der Waals surface area contributed by atoms with E-state index >= 15 is 0 Å². The number of anilines is 1. The third-order valence-electron chi connectivity index (χ3n) is 3.76. The molecular formula is C17H20N4. The quantitative estimate of drug-likeness (QED) is 0.743. The summed E-state index contributed by atoms with van der Waals surface area (Å²) in [6, 6.07) is 12.0. The zero-order chi connectivity index (χ0) is 15.0. The lowest BCUT2D eigenvalue weighted by atomic mass is 10.1. The molecule has 1 aromatic carbocycles. The average Bonchev–Trinajstić information content (AvgIpc) is 2.86. The van der Waals surface area contributed by atoms with Gasteiger partial charge in [-0.15, -0.1) is 0 Å². The first-order chi connectivity index (χ1) is 10.1. The normalized spacial score (nSPS) is 13.0. The SMILES string of the molecule is CC(C)c1nc2cc(N)ccc2n1C(C)c1ccccn1. The fraction of sp³-hybridized carbons (Fsp3) is 0.294. The largest absolute Gasteiger partial charge is 0.399 e. The Morgan fingerprint density at radius 1 is 1.10 bits per heavy atom. The minimum absolute atomic E-state index is 0.136. The van der Waals surface area contributed by atoms with Crippen LogP contribution in [0.4, 0.5) is 5.69 Å². The Labute approximate surface area is 124 Å². The van der Waals surface area contributed by atoms with Crippen molar-refractivity contribution in [3.05, 3.63) is 54.1 Å². The van der Waals surface area contributed by atoms with Gasteiger partial charge in [-0.3, -0.25) is 4.98 Å². The van der Waals surface area contributed by atoms with Crippen LogP contribution in [0, 0.1) is 0 Å². The number of nitrogen functional groups attached to an aromatic ring is 1. The summed E-state index contributed by atoms with van der Waals surface area (Å²) in [5.41, 5.74) is 9.71. The molecule has 108 valence electrons. The molecule has 0 saturated carbocycles. The van der Waals surface area contributed by atoms with Crippen LogP contribution in [0.1, 0.15) is 44.2 Å². The lowest BCUT2D eigenvalue weighted by Crippen LogP contribution is -2.12. The predicted octanol–water partition coefficient (Wildman–Crippen LogP) is 3.75. The van der Waals surface area contributed by atoms with Crippen molar-refractivity contribution in [1.82, 2.24) is 14.5 Å². The number of imidazole rings is 1. The Bertz CT molecular complexity index is 759. The maximum atomic E-state index is 5.88. The number of aromatic nitrogens is 3. The second-order valence-corrected chi connectivity index (χ2v) is 5.67. The number of pyridine rings is 1. The molecular weight excluding hydrogens is 260 g/mol. The molecule has 2 aromatic heterocycles. The third-order valence-corrected chi connectivity index (χ3v) is 3.76. The Hall–Kier alpha value is -2.36. The highest BCUT2D eigenvalue weighted by Gasteiger charge is 2.19. The maximum Gasteiger partial charge on any atom is 0.113 e. The van der Waals surface area contributed by atoms with Crippen molar-refractivity contribution in [2.24, 2.45) is 0 Å². The number of hydrogen-bond donors (Lipinski definition) is 1. The van der Waals surface area contributed by atoms with Gasteiger partial charge in [-0.1, -0.05) is 19.9 Å². The minimum atomic E-state index is 0.136. The predicted molar refractivity (Wildman–Crippen MR) is 86.3 cm³/mol. The van der Waals surface area contributed by atoms with Gasteiger partial charge in [-0.2, -0.15) is 0 Å². The van der Waals surface area contributed by atoms with E-state index in [9.17, 15) is 0 Å². The highest BCUT2D eigenvalue weighted by Crippen LogP contribution is 2.29. The highest BCUT2D eigenvalue weighted by molar-refractivity contribution is 5.80. The van der Waals surface area contributed by atoms with Crippen LogP contribution >= 0.6 is 0 Å². The fourth-order valence-corrected chi connectivity index (χ4v) is 2.70. The van der Waals surface area contributed by atoms with Crippen LogP contribution in [0.2, 0.25) is 0 Å². The van der Waals surface area contributed by atoms with Crippen molar-refractivity contribution < 1.29 is 0 Å². The van der Waals surface area contributed by atoms with Crippen molar-refractivity contribution in [2.75, 3.05) is 5.73 Å². The molecule has 0 amide bonds. The molecule has 0 fully saturated rings. The number of nitrogens with two attached hydrogens (primary N) is 1. The molecule has 2 N–H and O–H groups in total. The first kappa shape index (κ1) is 13.6. The first-order valence-electron chi connectivity index (χ1n) is 7.26. The summed E-state index contributed by atoms with van der Waals surface area (Å²) in [6.07, 6.45) is 1.83. The van der Waals surface area contributed by atoms with E-state index in [1.54, 1.807) is 0 Å². The topological polar surface area (TPSA) is 56.7 Å². The maximum absolute atomic E-state index is 5.88. The molecule has 3 aromatic rings. The summed E-state index contributed by atoms with van der Waals surface area (Å²) in [4.78, 5) is 9.26. The van der Waals surface area contributed by atoms with E-state index in [4.69, 9.17) is 10.7 Å². The van der Waals surface area contributed by atoms with Crippen LogP contribution in [-0.4, -0.2) is 14.5 Å². The van der Waals surface area contributed by atoms with Gasteiger partial charge < -0.3 is 10.3 Å². The van der Waals surface area contributed by atoms with Crippen molar-refractivity contribution >= 4 is 16.7 Å².